The van der Waals surface area contributed by atoms with Gasteiger partial charge in [0.25, 0.3) is 0 Å². The van der Waals surface area contributed by atoms with Gasteiger partial charge in [0.05, 0.1) is 5.02 Å². The van der Waals surface area contributed by atoms with E-state index in [1.54, 1.807) is 0 Å². The zero-order valence-corrected chi connectivity index (χ0v) is 8.18. The Bertz CT molecular complexity index is 349. The summed E-state index contributed by atoms with van der Waals surface area (Å²) in [5.74, 6) is -4.46. The minimum atomic E-state index is -3.31. The van der Waals surface area contributed by atoms with Crippen molar-refractivity contribution in [3.63, 3.8) is 0 Å². The summed E-state index contributed by atoms with van der Waals surface area (Å²) in [6, 6.07) is 1.45. The molecule has 0 N–H and O–H groups in total. The van der Waals surface area contributed by atoms with Crippen molar-refractivity contribution >= 4 is 17.4 Å². The topological polar surface area (TPSA) is 30.0 Å². The third-order valence-corrected chi connectivity index (χ3v) is 2.04. The zero-order chi connectivity index (χ0) is 10.8. The average Bonchev–Trinajstić information content (AvgIpc) is 2.07. The first-order valence-electron chi connectivity index (χ1n) is 3.91. The Labute approximate surface area is 84.9 Å². The molecule has 1 aromatic rings. The standard InChI is InChI=1S/C9H8ClF2NO/c1-9(11,12)8(14)4-6-2-3-13-5-7(6)10/h2-3,5H,4H2,1H3. The molecule has 1 rings (SSSR count). The fourth-order valence-electron chi connectivity index (χ4n) is 0.876. The third-order valence-electron chi connectivity index (χ3n) is 1.70. The molecule has 0 aliphatic heterocycles. The van der Waals surface area contributed by atoms with Gasteiger partial charge in [-0.15, -0.1) is 0 Å². The molecule has 0 unspecified atom stereocenters. The van der Waals surface area contributed by atoms with Crippen molar-refractivity contribution in [2.24, 2.45) is 0 Å². The number of halogens is 3. The number of hydrogen-bond donors (Lipinski definition) is 0. The van der Waals surface area contributed by atoms with E-state index >= 15 is 0 Å². The van der Waals surface area contributed by atoms with Gasteiger partial charge in [-0.05, 0) is 11.6 Å². The van der Waals surface area contributed by atoms with E-state index in [1.165, 1.54) is 18.5 Å². The highest BCUT2D eigenvalue weighted by molar-refractivity contribution is 6.31. The predicted octanol–water partition coefficient (Wildman–Crippen LogP) is 2.50. The number of ketones is 1. The van der Waals surface area contributed by atoms with Crippen LogP contribution in [0.25, 0.3) is 0 Å². The first-order valence-corrected chi connectivity index (χ1v) is 4.28. The van der Waals surface area contributed by atoms with Gasteiger partial charge in [0, 0.05) is 25.7 Å². The summed E-state index contributed by atoms with van der Waals surface area (Å²) < 4.78 is 25.0. The fraction of sp³-hybridized carbons (Fsp3) is 0.333. The molecular weight excluding hydrogens is 212 g/mol. The molecule has 0 saturated heterocycles. The maximum absolute atomic E-state index is 12.5. The number of alkyl halides is 2. The van der Waals surface area contributed by atoms with E-state index in [4.69, 9.17) is 11.6 Å². The highest BCUT2D eigenvalue weighted by atomic mass is 35.5. The normalized spacial score (nSPS) is 11.4. The molecule has 0 radical (unpaired) electrons. The molecule has 1 heterocycles. The summed E-state index contributed by atoms with van der Waals surface area (Å²) in [6.45, 7) is 0.574. The number of carbonyl (C=O) groups excluding carboxylic acids is 1. The molecule has 1 aromatic heterocycles. The smallest absolute Gasteiger partial charge is 0.293 e. The molecule has 5 heteroatoms. The lowest BCUT2D eigenvalue weighted by atomic mass is 10.1. The number of aromatic nitrogens is 1. The highest BCUT2D eigenvalue weighted by Gasteiger charge is 2.31. The minimum Gasteiger partial charge on any atom is -0.293 e. The van der Waals surface area contributed by atoms with Gasteiger partial charge in [-0.3, -0.25) is 9.78 Å². The van der Waals surface area contributed by atoms with Crippen LogP contribution in [0, 0.1) is 0 Å². The van der Waals surface area contributed by atoms with E-state index < -0.39 is 11.7 Å². The third kappa shape index (κ3) is 2.73. The Morgan fingerprint density at radius 2 is 2.29 bits per heavy atom. The molecule has 0 aromatic carbocycles. The highest BCUT2D eigenvalue weighted by Crippen LogP contribution is 2.20. The number of hydrogen-bond acceptors (Lipinski definition) is 2. The van der Waals surface area contributed by atoms with Gasteiger partial charge < -0.3 is 0 Å². The van der Waals surface area contributed by atoms with Gasteiger partial charge in [-0.1, -0.05) is 11.6 Å². The van der Waals surface area contributed by atoms with Gasteiger partial charge in [-0.25, -0.2) is 0 Å². The van der Waals surface area contributed by atoms with E-state index in [-0.39, 0.29) is 11.4 Å². The zero-order valence-electron chi connectivity index (χ0n) is 7.43. The number of Topliss-reactive ketones (excluding diaryl/α,β-unsaturated/α-hetero) is 1. The van der Waals surface area contributed by atoms with Crippen LogP contribution in [0.15, 0.2) is 18.5 Å². The lowest BCUT2D eigenvalue weighted by molar-refractivity contribution is -0.139. The molecule has 2 nitrogen and oxygen atoms in total. The van der Waals surface area contributed by atoms with Crippen LogP contribution < -0.4 is 0 Å². The molecule has 0 amide bonds. The molecule has 0 aliphatic rings. The Balaban J connectivity index is 2.80. The Kier molecular flexibility index (Phi) is 3.16. The van der Waals surface area contributed by atoms with Crippen LogP contribution in [0.2, 0.25) is 5.02 Å². The summed E-state index contributed by atoms with van der Waals surface area (Å²) >= 11 is 5.66. The SMILES string of the molecule is CC(F)(F)C(=O)Cc1ccncc1Cl. The molecule has 76 valence electrons. The molecule has 0 saturated carbocycles. The van der Waals surface area contributed by atoms with E-state index in [0.29, 0.717) is 12.5 Å². The van der Waals surface area contributed by atoms with E-state index in [9.17, 15) is 13.6 Å². The van der Waals surface area contributed by atoms with Crippen LogP contribution in [-0.2, 0) is 11.2 Å². The Morgan fingerprint density at radius 1 is 1.64 bits per heavy atom. The van der Waals surface area contributed by atoms with Crippen molar-refractivity contribution in [1.29, 1.82) is 0 Å². The van der Waals surface area contributed by atoms with Gasteiger partial charge >= 0.3 is 5.92 Å². The molecule has 0 fully saturated rings. The van der Waals surface area contributed by atoms with Crippen molar-refractivity contribution in [2.75, 3.05) is 0 Å². The maximum Gasteiger partial charge on any atom is 0.302 e. The van der Waals surface area contributed by atoms with Crippen molar-refractivity contribution < 1.29 is 13.6 Å². The molecule has 0 spiro atoms. The first-order chi connectivity index (χ1) is 6.41. The lowest BCUT2D eigenvalue weighted by Crippen LogP contribution is -2.26. The molecule has 14 heavy (non-hydrogen) atoms. The minimum absolute atomic E-state index is 0.227. The number of pyridine rings is 1. The van der Waals surface area contributed by atoms with Crippen molar-refractivity contribution in [3.05, 3.63) is 29.0 Å². The Morgan fingerprint density at radius 3 is 2.79 bits per heavy atom. The van der Waals surface area contributed by atoms with Gasteiger partial charge in [0.2, 0.25) is 5.78 Å². The van der Waals surface area contributed by atoms with Gasteiger partial charge in [-0.2, -0.15) is 8.78 Å². The second-order valence-corrected chi connectivity index (χ2v) is 3.36. The quantitative estimate of drug-likeness (QED) is 0.782. The Hall–Kier alpha value is -1.03. The predicted molar refractivity (Wildman–Crippen MR) is 48.6 cm³/mol. The van der Waals surface area contributed by atoms with E-state index in [1.807, 2.05) is 0 Å². The van der Waals surface area contributed by atoms with E-state index in [2.05, 4.69) is 4.98 Å². The lowest BCUT2D eigenvalue weighted by Gasteiger charge is -2.08. The summed E-state index contributed by atoms with van der Waals surface area (Å²) in [7, 11) is 0. The van der Waals surface area contributed by atoms with Crippen LogP contribution in [0.1, 0.15) is 12.5 Å². The summed E-state index contributed by atoms with van der Waals surface area (Å²) in [4.78, 5) is 14.6. The number of carbonyl (C=O) groups is 1. The monoisotopic (exact) mass is 219 g/mol. The fourth-order valence-corrected chi connectivity index (χ4v) is 1.06. The molecule has 0 atom stereocenters. The van der Waals surface area contributed by atoms with Crippen molar-refractivity contribution in [3.8, 4) is 0 Å². The first kappa shape index (κ1) is 11.0. The summed E-state index contributed by atoms with van der Waals surface area (Å²) in [6.07, 6.45) is 2.35. The van der Waals surface area contributed by atoms with Crippen molar-refractivity contribution in [2.45, 2.75) is 19.3 Å². The summed E-state index contributed by atoms with van der Waals surface area (Å²) in [5, 5.41) is 0.227. The van der Waals surface area contributed by atoms with Crippen LogP contribution in [0.3, 0.4) is 0 Å². The number of rotatable bonds is 3. The second-order valence-electron chi connectivity index (χ2n) is 2.96. The molecular formula is C9H8ClF2NO. The van der Waals surface area contributed by atoms with Crippen LogP contribution in [-0.4, -0.2) is 16.7 Å². The van der Waals surface area contributed by atoms with Crippen LogP contribution in [0.5, 0.6) is 0 Å². The average molecular weight is 220 g/mol. The van der Waals surface area contributed by atoms with Gasteiger partial charge in [0.15, 0.2) is 0 Å². The second kappa shape index (κ2) is 4.00. The van der Waals surface area contributed by atoms with Crippen molar-refractivity contribution in [1.82, 2.24) is 4.98 Å². The number of nitrogens with zero attached hydrogens (tertiary/aromatic N) is 1. The van der Waals surface area contributed by atoms with E-state index in [0.717, 1.165) is 0 Å². The molecule has 0 bridgehead atoms. The largest absolute Gasteiger partial charge is 0.302 e. The maximum atomic E-state index is 12.5. The van der Waals surface area contributed by atoms with Crippen LogP contribution in [0.4, 0.5) is 8.78 Å². The summed E-state index contributed by atoms with van der Waals surface area (Å²) in [5.41, 5.74) is 0.369. The van der Waals surface area contributed by atoms with Crippen LogP contribution >= 0.6 is 11.6 Å². The molecule has 0 aliphatic carbocycles. The van der Waals surface area contributed by atoms with Gasteiger partial charge in [0.1, 0.15) is 0 Å².